The van der Waals surface area contributed by atoms with Gasteiger partial charge in [-0.05, 0) is 36.9 Å². The highest BCUT2D eigenvalue weighted by Crippen LogP contribution is 2.40. The van der Waals surface area contributed by atoms with Crippen molar-refractivity contribution < 1.29 is 0 Å². The van der Waals surface area contributed by atoms with Gasteiger partial charge < -0.3 is 5.32 Å². The molecule has 1 aromatic heterocycles. The summed E-state index contributed by atoms with van der Waals surface area (Å²) in [5, 5.41) is 6.49. The molecule has 1 heterocycles. The van der Waals surface area contributed by atoms with Crippen molar-refractivity contribution in [1.29, 1.82) is 0 Å². The minimum absolute atomic E-state index is 0.225. The average molecular weight is 244 g/mol. The number of aromatic nitrogens is 1. The maximum absolute atomic E-state index is 4.39. The Morgan fingerprint density at radius 2 is 2.06 bits per heavy atom. The highest BCUT2D eigenvalue weighted by atomic mass is 32.1. The summed E-state index contributed by atoms with van der Waals surface area (Å²) in [6, 6.07) is 9.23. The maximum Gasteiger partial charge on any atom is 0.114 e. The summed E-state index contributed by atoms with van der Waals surface area (Å²) in [6.45, 7) is 0. The molecule has 0 saturated heterocycles. The Hall–Kier alpha value is -1.19. The summed E-state index contributed by atoms with van der Waals surface area (Å²) in [5.74, 6) is 0.831. The first-order valence-corrected chi connectivity index (χ1v) is 6.93. The lowest BCUT2D eigenvalue weighted by molar-refractivity contribution is 0.686. The van der Waals surface area contributed by atoms with Gasteiger partial charge in [0.2, 0.25) is 0 Å². The first-order valence-electron chi connectivity index (χ1n) is 6.05. The number of thiazole rings is 1. The Bertz CT molecular complexity index is 471. The van der Waals surface area contributed by atoms with Crippen LogP contribution >= 0.6 is 11.3 Å². The maximum atomic E-state index is 4.39. The van der Waals surface area contributed by atoms with Crippen LogP contribution in [0.1, 0.15) is 40.9 Å². The second-order valence-electron chi connectivity index (χ2n) is 4.53. The molecule has 0 aliphatic heterocycles. The molecule has 1 fully saturated rings. The largest absolute Gasteiger partial charge is 0.307 e. The van der Waals surface area contributed by atoms with Gasteiger partial charge in [-0.2, -0.15) is 0 Å². The summed E-state index contributed by atoms with van der Waals surface area (Å²) in [6.07, 6.45) is 4.59. The highest BCUT2D eigenvalue weighted by molar-refractivity contribution is 7.09. The fourth-order valence-electron chi connectivity index (χ4n) is 2.19. The van der Waals surface area contributed by atoms with Crippen LogP contribution in [0.3, 0.4) is 0 Å². The van der Waals surface area contributed by atoms with E-state index in [9.17, 15) is 0 Å². The van der Waals surface area contributed by atoms with E-state index in [0.717, 1.165) is 10.9 Å². The standard InChI is InChI=1S/C14H16N2S/c1-15-13(14-16-8-9-17-14)12-6-4-11(5-7-12)10-2-3-10/h4-10,13,15H,2-3H2,1H3. The second-order valence-corrected chi connectivity index (χ2v) is 5.46. The van der Waals surface area contributed by atoms with E-state index in [2.05, 4.69) is 34.6 Å². The Morgan fingerprint density at radius 3 is 2.59 bits per heavy atom. The minimum Gasteiger partial charge on any atom is -0.307 e. The molecule has 1 unspecified atom stereocenters. The van der Waals surface area contributed by atoms with Crippen LogP contribution in [-0.2, 0) is 0 Å². The Morgan fingerprint density at radius 1 is 1.29 bits per heavy atom. The molecule has 2 aromatic rings. The topological polar surface area (TPSA) is 24.9 Å². The number of nitrogens with zero attached hydrogens (tertiary/aromatic N) is 1. The summed E-state index contributed by atoms with van der Waals surface area (Å²) in [7, 11) is 1.99. The molecule has 0 radical (unpaired) electrons. The van der Waals surface area contributed by atoms with Gasteiger partial charge in [-0.3, -0.25) is 0 Å². The van der Waals surface area contributed by atoms with Crippen LogP contribution in [0, 0.1) is 0 Å². The van der Waals surface area contributed by atoms with Gasteiger partial charge in [0.05, 0.1) is 6.04 Å². The van der Waals surface area contributed by atoms with Crippen molar-refractivity contribution in [2.24, 2.45) is 0 Å². The van der Waals surface area contributed by atoms with Gasteiger partial charge in [-0.25, -0.2) is 4.98 Å². The number of nitrogens with one attached hydrogen (secondary N) is 1. The molecule has 1 atom stereocenters. The molecule has 1 aliphatic carbocycles. The molecule has 0 bridgehead atoms. The van der Waals surface area contributed by atoms with Crippen LogP contribution in [-0.4, -0.2) is 12.0 Å². The Labute approximate surface area is 106 Å². The van der Waals surface area contributed by atoms with E-state index in [1.165, 1.54) is 24.0 Å². The van der Waals surface area contributed by atoms with E-state index in [-0.39, 0.29) is 6.04 Å². The molecule has 88 valence electrons. The zero-order valence-electron chi connectivity index (χ0n) is 9.89. The van der Waals surface area contributed by atoms with E-state index in [1.807, 2.05) is 18.6 Å². The van der Waals surface area contributed by atoms with Crippen molar-refractivity contribution in [3.8, 4) is 0 Å². The first-order chi connectivity index (χ1) is 8.38. The molecule has 1 saturated carbocycles. The lowest BCUT2D eigenvalue weighted by atomic mass is 10.0. The van der Waals surface area contributed by atoms with Crippen LogP contribution in [0.2, 0.25) is 0 Å². The molecule has 3 rings (SSSR count). The van der Waals surface area contributed by atoms with E-state index in [0.29, 0.717) is 0 Å². The van der Waals surface area contributed by atoms with Crippen LogP contribution in [0.5, 0.6) is 0 Å². The molecule has 17 heavy (non-hydrogen) atoms. The molecule has 0 spiro atoms. The highest BCUT2D eigenvalue weighted by Gasteiger charge is 2.23. The van der Waals surface area contributed by atoms with Crippen molar-refractivity contribution >= 4 is 11.3 Å². The SMILES string of the molecule is CNC(c1ccc(C2CC2)cc1)c1nccs1. The van der Waals surface area contributed by atoms with Crippen LogP contribution in [0.15, 0.2) is 35.8 Å². The summed E-state index contributed by atoms with van der Waals surface area (Å²) >= 11 is 1.70. The molecular weight excluding hydrogens is 228 g/mol. The fourth-order valence-corrected chi connectivity index (χ4v) is 2.96. The van der Waals surface area contributed by atoms with Gasteiger partial charge in [-0.1, -0.05) is 24.3 Å². The monoisotopic (exact) mass is 244 g/mol. The Kier molecular flexibility index (Phi) is 2.95. The lowest BCUT2D eigenvalue weighted by Crippen LogP contribution is -2.17. The third-order valence-corrected chi connectivity index (χ3v) is 4.15. The van der Waals surface area contributed by atoms with Gasteiger partial charge >= 0.3 is 0 Å². The van der Waals surface area contributed by atoms with Crippen molar-refractivity contribution in [3.05, 3.63) is 52.0 Å². The first kappa shape index (κ1) is 10.9. The van der Waals surface area contributed by atoms with E-state index in [4.69, 9.17) is 0 Å². The number of hydrogen-bond acceptors (Lipinski definition) is 3. The predicted molar refractivity (Wildman–Crippen MR) is 71.4 cm³/mol. The number of rotatable bonds is 4. The van der Waals surface area contributed by atoms with Crippen molar-refractivity contribution in [1.82, 2.24) is 10.3 Å². The molecule has 3 heteroatoms. The lowest BCUT2D eigenvalue weighted by Gasteiger charge is -2.14. The van der Waals surface area contributed by atoms with Gasteiger partial charge in [0.25, 0.3) is 0 Å². The third-order valence-electron chi connectivity index (χ3n) is 3.31. The summed E-state index contributed by atoms with van der Waals surface area (Å²) < 4.78 is 0. The molecule has 1 aromatic carbocycles. The average Bonchev–Trinajstić information content (AvgIpc) is 3.09. The summed E-state index contributed by atoms with van der Waals surface area (Å²) in [4.78, 5) is 4.39. The minimum atomic E-state index is 0.225. The normalized spacial score (nSPS) is 17.0. The van der Waals surface area contributed by atoms with Crippen LogP contribution < -0.4 is 5.32 Å². The second kappa shape index (κ2) is 4.59. The zero-order chi connectivity index (χ0) is 11.7. The van der Waals surface area contributed by atoms with Crippen molar-refractivity contribution in [2.75, 3.05) is 7.05 Å². The van der Waals surface area contributed by atoms with Gasteiger partial charge in [0.15, 0.2) is 0 Å². The number of benzene rings is 1. The fraction of sp³-hybridized carbons (Fsp3) is 0.357. The van der Waals surface area contributed by atoms with Crippen LogP contribution in [0.4, 0.5) is 0 Å². The molecule has 0 amide bonds. The van der Waals surface area contributed by atoms with Gasteiger partial charge in [-0.15, -0.1) is 11.3 Å². The molecule has 2 nitrogen and oxygen atoms in total. The zero-order valence-corrected chi connectivity index (χ0v) is 10.7. The van der Waals surface area contributed by atoms with E-state index >= 15 is 0 Å². The third kappa shape index (κ3) is 2.26. The van der Waals surface area contributed by atoms with Crippen molar-refractivity contribution in [2.45, 2.75) is 24.8 Å². The summed E-state index contributed by atoms with van der Waals surface area (Å²) in [5.41, 5.74) is 2.79. The van der Waals surface area contributed by atoms with Crippen LogP contribution in [0.25, 0.3) is 0 Å². The van der Waals surface area contributed by atoms with Gasteiger partial charge in [0, 0.05) is 11.6 Å². The van der Waals surface area contributed by atoms with Gasteiger partial charge in [0.1, 0.15) is 5.01 Å². The number of hydrogen-bond donors (Lipinski definition) is 1. The van der Waals surface area contributed by atoms with E-state index < -0.39 is 0 Å². The molecular formula is C14H16N2S. The molecule has 1 aliphatic rings. The van der Waals surface area contributed by atoms with E-state index in [1.54, 1.807) is 11.3 Å². The smallest absolute Gasteiger partial charge is 0.114 e. The van der Waals surface area contributed by atoms with Crippen molar-refractivity contribution in [3.63, 3.8) is 0 Å². The Balaban J connectivity index is 1.86. The quantitative estimate of drug-likeness (QED) is 0.892. The predicted octanol–water partition coefficient (Wildman–Crippen LogP) is 3.33. The molecule has 1 N–H and O–H groups in total.